The molecule has 0 bridgehead atoms. The van der Waals surface area contributed by atoms with E-state index in [1.807, 2.05) is 6.07 Å². The smallest absolute Gasteiger partial charge is 0.272 e. The molecule has 3 aromatic rings. The van der Waals surface area contributed by atoms with Gasteiger partial charge < -0.3 is 20.1 Å². The SMILES string of the molecule is COc1ccc(C=C(NC(=O)c2ccccc2)C(=O)Nc2ccc(Cl)cc2)cc1OC. The number of nitrogens with one attached hydrogen (secondary N) is 2. The molecule has 0 radical (unpaired) electrons. The molecule has 0 saturated heterocycles. The van der Waals surface area contributed by atoms with E-state index in [0.29, 0.717) is 33.3 Å². The second-order valence-electron chi connectivity index (χ2n) is 6.45. The molecule has 0 aliphatic heterocycles. The molecule has 0 spiro atoms. The van der Waals surface area contributed by atoms with E-state index in [2.05, 4.69) is 10.6 Å². The van der Waals surface area contributed by atoms with E-state index in [1.54, 1.807) is 79.9 Å². The molecular weight excluding hydrogens is 416 g/mol. The number of anilines is 1. The predicted molar refractivity (Wildman–Crippen MR) is 122 cm³/mol. The molecule has 2 amide bonds. The van der Waals surface area contributed by atoms with Crippen LogP contribution in [0.2, 0.25) is 5.02 Å². The first kappa shape index (κ1) is 21.9. The molecule has 0 aromatic heterocycles. The van der Waals surface area contributed by atoms with Gasteiger partial charge in [0.2, 0.25) is 0 Å². The van der Waals surface area contributed by atoms with Crippen molar-refractivity contribution in [2.24, 2.45) is 0 Å². The molecule has 158 valence electrons. The van der Waals surface area contributed by atoms with Gasteiger partial charge in [0.1, 0.15) is 5.70 Å². The van der Waals surface area contributed by atoms with Gasteiger partial charge in [-0.3, -0.25) is 9.59 Å². The minimum atomic E-state index is -0.485. The standard InChI is InChI=1S/C24H21ClN2O4/c1-30-21-13-8-16(15-22(21)31-2)14-20(27-23(28)17-6-4-3-5-7-17)24(29)26-19-11-9-18(25)10-12-19/h3-15H,1-2H3,(H,26,29)(H,27,28). The summed E-state index contributed by atoms with van der Waals surface area (Å²) in [5, 5.41) is 6.00. The molecule has 3 aromatic carbocycles. The third-order valence-electron chi connectivity index (χ3n) is 4.35. The monoisotopic (exact) mass is 436 g/mol. The Balaban J connectivity index is 1.92. The normalized spacial score (nSPS) is 10.9. The van der Waals surface area contributed by atoms with Gasteiger partial charge in [0.25, 0.3) is 11.8 Å². The van der Waals surface area contributed by atoms with Crippen LogP contribution in [0.25, 0.3) is 6.08 Å². The topological polar surface area (TPSA) is 76.7 Å². The van der Waals surface area contributed by atoms with E-state index in [4.69, 9.17) is 21.1 Å². The van der Waals surface area contributed by atoms with Gasteiger partial charge in [-0.15, -0.1) is 0 Å². The zero-order valence-corrected chi connectivity index (χ0v) is 17.8. The Morgan fingerprint density at radius 2 is 1.55 bits per heavy atom. The van der Waals surface area contributed by atoms with E-state index >= 15 is 0 Å². The minimum Gasteiger partial charge on any atom is -0.493 e. The van der Waals surface area contributed by atoms with Crippen molar-refractivity contribution in [1.82, 2.24) is 5.32 Å². The summed E-state index contributed by atoms with van der Waals surface area (Å²) in [5.74, 6) is 0.170. The van der Waals surface area contributed by atoms with Crippen molar-refractivity contribution in [3.63, 3.8) is 0 Å². The number of amides is 2. The number of benzene rings is 3. The third kappa shape index (κ3) is 5.87. The highest BCUT2D eigenvalue weighted by Gasteiger charge is 2.15. The lowest BCUT2D eigenvalue weighted by atomic mass is 10.1. The molecule has 0 aliphatic carbocycles. The Hall–Kier alpha value is -3.77. The highest BCUT2D eigenvalue weighted by atomic mass is 35.5. The molecule has 3 rings (SSSR count). The fourth-order valence-corrected chi connectivity index (χ4v) is 2.91. The fraction of sp³-hybridized carbons (Fsp3) is 0.0833. The maximum atomic E-state index is 13.0. The summed E-state index contributed by atoms with van der Waals surface area (Å²) >= 11 is 5.90. The lowest BCUT2D eigenvalue weighted by Gasteiger charge is -2.12. The van der Waals surface area contributed by atoms with Gasteiger partial charge in [-0.05, 0) is 60.2 Å². The van der Waals surface area contributed by atoms with Crippen LogP contribution in [0.5, 0.6) is 11.5 Å². The molecule has 0 heterocycles. The van der Waals surface area contributed by atoms with Crippen molar-refractivity contribution in [3.8, 4) is 11.5 Å². The number of carbonyl (C=O) groups excluding carboxylic acids is 2. The molecule has 0 unspecified atom stereocenters. The molecular formula is C24H21ClN2O4. The Morgan fingerprint density at radius 1 is 0.871 bits per heavy atom. The van der Waals surface area contributed by atoms with Gasteiger partial charge in [-0.1, -0.05) is 35.9 Å². The summed E-state index contributed by atoms with van der Waals surface area (Å²) in [6.45, 7) is 0. The van der Waals surface area contributed by atoms with Crippen molar-refractivity contribution < 1.29 is 19.1 Å². The van der Waals surface area contributed by atoms with Crippen molar-refractivity contribution in [3.05, 3.63) is 94.6 Å². The Bertz CT molecular complexity index is 1100. The van der Waals surface area contributed by atoms with Crippen LogP contribution in [-0.4, -0.2) is 26.0 Å². The highest BCUT2D eigenvalue weighted by molar-refractivity contribution is 6.30. The summed E-state index contributed by atoms with van der Waals surface area (Å²) in [6, 6.07) is 20.5. The largest absolute Gasteiger partial charge is 0.493 e. The van der Waals surface area contributed by atoms with Crippen LogP contribution < -0.4 is 20.1 Å². The van der Waals surface area contributed by atoms with Gasteiger partial charge in [0, 0.05) is 16.3 Å². The molecule has 6 nitrogen and oxygen atoms in total. The Labute approximate surface area is 185 Å². The van der Waals surface area contributed by atoms with Crippen LogP contribution in [0.4, 0.5) is 5.69 Å². The Morgan fingerprint density at radius 3 is 2.19 bits per heavy atom. The number of ether oxygens (including phenoxy) is 2. The lowest BCUT2D eigenvalue weighted by molar-refractivity contribution is -0.113. The summed E-state index contributed by atoms with van der Waals surface area (Å²) in [4.78, 5) is 25.6. The summed E-state index contributed by atoms with van der Waals surface area (Å²) in [7, 11) is 3.06. The second-order valence-corrected chi connectivity index (χ2v) is 6.89. The molecule has 0 fully saturated rings. The lowest BCUT2D eigenvalue weighted by Crippen LogP contribution is -2.30. The Kier molecular flexibility index (Phi) is 7.30. The number of hydrogen-bond acceptors (Lipinski definition) is 4. The molecule has 2 N–H and O–H groups in total. The van der Waals surface area contributed by atoms with Crippen LogP contribution >= 0.6 is 11.6 Å². The van der Waals surface area contributed by atoms with Gasteiger partial charge in [-0.2, -0.15) is 0 Å². The maximum Gasteiger partial charge on any atom is 0.272 e. The minimum absolute atomic E-state index is 0.0658. The number of methoxy groups -OCH3 is 2. The van der Waals surface area contributed by atoms with Crippen molar-refractivity contribution in [2.45, 2.75) is 0 Å². The quantitative estimate of drug-likeness (QED) is 0.523. The van der Waals surface area contributed by atoms with E-state index in [0.717, 1.165) is 0 Å². The van der Waals surface area contributed by atoms with Gasteiger partial charge in [-0.25, -0.2) is 0 Å². The number of hydrogen-bond donors (Lipinski definition) is 2. The molecule has 0 atom stereocenters. The number of carbonyl (C=O) groups is 2. The van der Waals surface area contributed by atoms with Crippen molar-refractivity contribution in [1.29, 1.82) is 0 Å². The molecule has 0 aliphatic rings. The van der Waals surface area contributed by atoms with Gasteiger partial charge in [0.15, 0.2) is 11.5 Å². The van der Waals surface area contributed by atoms with E-state index in [9.17, 15) is 9.59 Å². The summed E-state index contributed by atoms with van der Waals surface area (Å²) in [5.41, 5.74) is 1.69. The van der Waals surface area contributed by atoms with E-state index in [-0.39, 0.29) is 5.70 Å². The van der Waals surface area contributed by atoms with Crippen LogP contribution in [0, 0.1) is 0 Å². The average Bonchev–Trinajstić information content (AvgIpc) is 2.80. The maximum absolute atomic E-state index is 13.0. The van der Waals surface area contributed by atoms with Crippen LogP contribution in [-0.2, 0) is 4.79 Å². The highest BCUT2D eigenvalue weighted by Crippen LogP contribution is 2.28. The van der Waals surface area contributed by atoms with Gasteiger partial charge in [0.05, 0.1) is 14.2 Å². The zero-order chi connectivity index (χ0) is 22.2. The number of rotatable bonds is 7. The fourth-order valence-electron chi connectivity index (χ4n) is 2.78. The van der Waals surface area contributed by atoms with Crippen LogP contribution in [0.3, 0.4) is 0 Å². The zero-order valence-electron chi connectivity index (χ0n) is 17.0. The number of halogens is 1. The van der Waals surface area contributed by atoms with Crippen LogP contribution in [0.15, 0.2) is 78.5 Å². The first-order valence-electron chi connectivity index (χ1n) is 9.37. The summed E-state index contributed by atoms with van der Waals surface area (Å²) in [6.07, 6.45) is 1.56. The van der Waals surface area contributed by atoms with Crippen LogP contribution in [0.1, 0.15) is 15.9 Å². The second kappa shape index (κ2) is 10.3. The third-order valence-corrected chi connectivity index (χ3v) is 4.60. The average molecular weight is 437 g/mol. The van der Waals surface area contributed by atoms with E-state index in [1.165, 1.54) is 7.11 Å². The first-order valence-corrected chi connectivity index (χ1v) is 9.75. The van der Waals surface area contributed by atoms with Gasteiger partial charge >= 0.3 is 0 Å². The summed E-state index contributed by atoms with van der Waals surface area (Å²) < 4.78 is 10.6. The molecule has 0 saturated carbocycles. The molecule has 7 heteroatoms. The predicted octanol–water partition coefficient (Wildman–Crippen LogP) is 4.77. The van der Waals surface area contributed by atoms with Crippen molar-refractivity contribution in [2.75, 3.05) is 19.5 Å². The van der Waals surface area contributed by atoms with Crippen molar-refractivity contribution >= 4 is 35.2 Å². The van der Waals surface area contributed by atoms with E-state index < -0.39 is 11.8 Å². The first-order chi connectivity index (χ1) is 15.0. The molecule has 31 heavy (non-hydrogen) atoms.